The number of hydrogen-bond donors (Lipinski definition) is 1. The fourth-order valence-corrected chi connectivity index (χ4v) is 3.15. The first kappa shape index (κ1) is 15.5. The molecule has 0 spiro atoms. The highest BCUT2D eigenvalue weighted by molar-refractivity contribution is 9.10. The Kier molecular flexibility index (Phi) is 5.21. The van der Waals surface area contributed by atoms with E-state index in [0.717, 1.165) is 22.4 Å². The van der Waals surface area contributed by atoms with Gasteiger partial charge >= 0.3 is 0 Å². The van der Waals surface area contributed by atoms with E-state index in [9.17, 15) is 0 Å². The van der Waals surface area contributed by atoms with Crippen molar-refractivity contribution >= 4 is 27.5 Å². The Balaban J connectivity index is 2.21. The van der Waals surface area contributed by atoms with Crippen molar-refractivity contribution in [2.75, 3.05) is 13.6 Å². The molecule has 20 heavy (non-hydrogen) atoms. The lowest BCUT2D eigenvalue weighted by Crippen LogP contribution is -2.31. The first-order valence-electron chi connectivity index (χ1n) is 6.34. The minimum atomic E-state index is 0.110. The molecule has 0 radical (unpaired) electrons. The summed E-state index contributed by atoms with van der Waals surface area (Å²) in [6, 6.07) is 5.91. The van der Waals surface area contributed by atoms with Crippen molar-refractivity contribution in [1.82, 2.24) is 14.5 Å². The number of hydrogen-bond acceptors (Lipinski definition) is 3. The molecule has 0 aliphatic rings. The van der Waals surface area contributed by atoms with Crippen molar-refractivity contribution in [1.29, 1.82) is 0 Å². The van der Waals surface area contributed by atoms with Crippen LogP contribution in [0.15, 0.2) is 35.1 Å². The highest BCUT2D eigenvalue weighted by Gasteiger charge is 2.19. The molecule has 6 heteroatoms. The summed E-state index contributed by atoms with van der Waals surface area (Å²) in [6.45, 7) is 1.27. The molecule has 1 unspecified atom stereocenters. The fraction of sp³-hybridized carbons (Fsp3) is 0.357. The number of halogens is 2. The quantitative estimate of drug-likeness (QED) is 0.895. The minimum absolute atomic E-state index is 0.110. The van der Waals surface area contributed by atoms with Gasteiger partial charge in [-0.25, -0.2) is 4.98 Å². The van der Waals surface area contributed by atoms with Crippen LogP contribution in [0.3, 0.4) is 0 Å². The summed E-state index contributed by atoms with van der Waals surface area (Å²) >= 11 is 9.55. The highest BCUT2D eigenvalue weighted by Crippen LogP contribution is 2.29. The molecular formula is C14H18BrClN4. The normalized spacial score (nSPS) is 12.9. The van der Waals surface area contributed by atoms with E-state index in [0.29, 0.717) is 11.6 Å². The van der Waals surface area contributed by atoms with Gasteiger partial charge in [0.25, 0.3) is 0 Å². The van der Waals surface area contributed by atoms with E-state index >= 15 is 0 Å². The molecule has 0 aliphatic carbocycles. The van der Waals surface area contributed by atoms with E-state index < -0.39 is 0 Å². The van der Waals surface area contributed by atoms with Gasteiger partial charge in [-0.1, -0.05) is 33.6 Å². The van der Waals surface area contributed by atoms with Crippen molar-refractivity contribution in [3.63, 3.8) is 0 Å². The summed E-state index contributed by atoms with van der Waals surface area (Å²) in [6.07, 6.45) is 3.75. The van der Waals surface area contributed by atoms with Gasteiger partial charge in [0, 0.05) is 41.5 Å². The second-order valence-electron chi connectivity index (χ2n) is 4.79. The number of nitrogens with zero attached hydrogens (tertiary/aromatic N) is 3. The van der Waals surface area contributed by atoms with Crippen molar-refractivity contribution < 1.29 is 0 Å². The molecule has 0 bridgehead atoms. The van der Waals surface area contributed by atoms with Crippen LogP contribution in [0.2, 0.25) is 5.02 Å². The van der Waals surface area contributed by atoms with Crippen molar-refractivity contribution in [2.24, 2.45) is 12.8 Å². The molecule has 0 amide bonds. The molecule has 2 aromatic rings. The second kappa shape index (κ2) is 6.72. The molecule has 1 atom stereocenters. The first-order valence-corrected chi connectivity index (χ1v) is 7.51. The Morgan fingerprint density at radius 1 is 1.50 bits per heavy atom. The predicted molar refractivity (Wildman–Crippen MR) is 85.6 cm³/mol. The zero-order chi connectivity index (χ0) is 14.7. The second-order valence-corrected chi connectivity index (χ2v) is 6.08. The molecule has 1 heterocycles. The van der Waals surface area contributed by atoms with Gasteiger partial charge in [-0.05, 0) is 24.7 Å². The van der Waals surface area contributed by atoms with Crippen molar-refractivity contribution in [2.45, 2.75) is 12.6 Å². The van der Waals surface area contributed by atoms with Gasteiger partial charge in [-0.2, -0.15) is 0 Å². The van der Waals surface area contributed by atoms with Gasteiger partial charge in [0.1, 0.15) is 5.82 Å². The number of aromatic nitrogens is 2. The molecule has 2 N–H and O–H groups in total. The van der Waals surface area contributed by atoms with Crippen LogP contribution in [0.5, 0.6) is 0 Å². The molecule has 1 aromatic carbocycles. The van der Waals surface area contributed by atoms with Crippen LogP contribution in [-0.4, -0.2) is 28.0 Å². The van der Waals surface area contributed by atoms with E-state index in [1.165, 1.54) is 0 Å². The first-order chi connectivity index (χ1) is 9.52. The zero-order valence-electron chi connectivity index (χ0n) is 11.6. The van der Waals surface area contributed by atoms with Crippen LogP contribution in [0, 0.1) is 0 Å². The van der Waals surface area contributed by atoms with Crippen LogP contribution in [0.25, 0.3) is 0 Å². The van der Waals surface area contributed by atoms with E-state index in [1.807, 2.05) is 43.1 Å². The predicted octanol–water partition coefficient (Wildman–Crippen LogP) is 2.97. The van der Waals surface area contributed by atoms with Crippen LogP contribution >= 0.6 is 27.5 Å². The Morgan fingerprint density at radius 3 is 2.80 bits per heavy atom. The molecule has 1 aromatic heterocycles. The number of imidazole rings is 1. The van der Waals surface area contributed by atoms with E-state index in [1.54, 1.807) is 6.20 Å². The van der Waals surface area contributed by atoms with Gasteiger partial charge in [-0.15, -0.1) is 0 Å². The van der Waals surface area contributed by atoms with Crippen LogP contribution in [0.4, 0.5) is 0 Å². The summed E-state index contributed by atoms with van der Waals surface area (Å²) < 4.78 is 2.99. The maximum Gasteiger partial charge on any atom is 0.122 e. The van der Waals surface area contributed by atoms with Crippen molar-refractivity contribution in [3.8, 4) is 0 Å². The smallest absolute Gasteiger partial charge is 0.122 e. The molecule has 0 aliphatic heterocycles. The van der Waals surface area contributed by atoms with Gasteiger partial charge in [0.2, 0.25) is 0 Å². The van der Waals surface area contributed by atoms with Gasteiger partial charge in [0.15, 0.2) is 0 Å². The Hall–Kier alpha value is -0.880. The van der Waals surface area contributed by atoms with E-state index in [-0.39, 0.29) is 6.04 Å². The molecule has 4 nitrogen and oxygen atoms in total. The van der Waals surface area contributed by atoms with Gasteiger partial charge in [-0.3, -0.25) is 4.90 Å². The van der Waals surface area contributed by atoms with Crippen LogP contribution in [-0.2, 0) is 13.6 Å². The maximum absolute atomic E-state index is 5.99. The molecule has 108 valence electrons. The largest absolute Gasteiger partial charge is 0.337 e. The molecule has 0 fully saturated rings. The number of benzene rings is 1. The Bertz CT molecular complexity index is 584. The lowest BCUT2D eigenvalue weighted by molar-refractivity contribution is 0.233. The molecule has 0 saturated heterocycles. The molecule has 0 saturated carbocycles. The monoisotopic (exact) mass is 356 g/mol. The van der Waals surface area contributed by atoms with E-state index in [4.69, 9.17) is 17.3 Å². The molecular weight excluding hydrogens is 340 g/mol. The standard InChI is InChI=1S/C14H18BrClN4/c1-19-6-5-18-14(19)9-20(2)13(8-17)11-4-3-10(16)7-12(11)15/h3-7,13H,8-9,17H2,1-2H3. The summed E-state index contributed by atoms with van der Waals surface area (Å²) in [5.74, 6) is 1.01. The summed E-state index contributed by atoms with van der Waals surface area (Å²) in [7, 11) is 4.04. The van der Waals surface area contributed by atoms with Gasteiger partial charge in [0.05, 0.1) is 6.54 Å². The summed E-state index contributed by atoms with van der Waals surface area (Å²) in [4.78, 5) is 6.54. The number of aryl methyl sites for hydroxylation is 1. The third-order valence-electron chi connectivity index (χ3n) is 3.39. The number of likely N-dealkylation sites (N-methyl/N-ethyl adjacent to an activating group) is 1. The zero-order valence-corrected chi connectivity index (χ0v) is 13.9. The van der Waals surface area contributed by atoms with Crippen LogP contribution < -0.4 is 5.73 Å². The van der Waals surface area contributed by atoms with E-state index in [2.05, 4.69) is 25.8 Å². The summed E-state index contributed by atoms with van der Waals surface area (Å²) in [5.41, 5.74) is 7.09. The highest BCUT2D eigenvalue weighted by atomic mass is 79.9. The Morgan fingerprint density at radius 2 is 2.25 bits per heavy atom. The fourth-order valence-electron chi connectivity index (χ4n) is 2.20. The number of rotatable bonds is 5. The van der Waals surface area contributed by atoms with Crippen molar-refractivity contribution in [3.05, 3.63) is 51.5 Å². The molecule has 2 rings (SSSR count). The minimum Gasteiger partial charge on any atom is -0.337 e. The average molecular weight is 358 g/mol. The SMILES string of the molecule is CN(Cc1nccn1C)C(CN)c1ccc(Cl)cc1Br. The third kappa shape index (κ3) is 3.41. The maximum atomic E-state index is 5.99. The van der Waals surface area contributed by atoms with Gasteiger partial charge < -0.3 is 10.3 Å². The number of nitrogens with two attached hydrogens (primary N) is 1. The third-order valence-corrected chi connectivity index (χ3v) is 4.31. The Labute approximate surface area is 132 Å². The topological polar surface area (TPSA) is 47.1 Å². The lowest BCUT2D eigenvalue weighted by Gasteiger charge is -2.28. The van der Waals surface area contributed by atoms with Crippen LogP contribution in [0.1, 0.15) is 17.4 Å². The average Bonchev–Trinajstić information content (AvgIpc) is 2.78. The lowest BCUT2D eigenvalue weighted by atomic mass is 10.1. The summed E-state index contributed by atoms with van der Waals surface area (Å²) in [5, 5.41) is 0.711.